The van der Waals surface area contributed by atoms with E-state index < -0.39 is 0 Å². The van der Waals surface area contributed by atoms with Crippen LogP contribution < -0.4 is 5.32 Å². The first-order valence-corrected chi connectivity index (χ1v) is 7.55. The number of imidazole rings is 1. The molecule has 3 rings (SSSR count). The van der Waals surface area contributed by atoms with E-state index in [1.165, 1.54) is 10.6 Å². The van der Waals surface area contributed by atoms with Crippen LogP contribution in [-0.4, -0.2) is 14.4 Å². The van der Waals surface area contributed by atoms with E-state index in [9.17, 15) is 0 Å². The molecule has 0 unspecified atom stereocenters. The molecule has 0 fully saturated rings. The number of nitrogens with one attached hydrogen (secondary N) is 1. The number of nitrogens with zero attached hydrogens (tertiary/aromatic N) is 3. The van der Waals surface area contributed by atoms with Crippen molar-refractivity contribution in [1.82, 2.24) is 19.7 Å². The molecule has 1 atom stereocenters. The van der Waals surface area contributed by atoms with Crippen molar-refractivity contribution in [3.63, 3.8) is 0 Å². The normalized spacial score (nSPS) is 12.9. The lowest BCUT2D eigenvalue weighted by Crippen LogP contribution is -2.20. The van der Waals surface area contributed by atoms with Crippen molar-refractivity contribution in [2.45, 2.75) is 33.4 Å². The summed E-state index contributed by atoms with van der Waals surface area (Å²) in [6.07, 6.45) is 3.99. The molecule has 104 valence electrons. The molecule has 0 radical (unpaired) electrons. The van der Waals surface area contributed by atoms with Crippen molar-refractivity contribution in [1.29, 1.82) is 0 Å². The molecule has 5 heteroatoms. The van der Waals surface area contributed by atoms with Crippen molar-refractivity contribution >= 4 is 16.3 Å². The van der Waals surface area contributed by atoms with E-state index in [2.05, 4.69) is 46.7 Å². The van der Waals surface area contributed by atoms with Crippen LogP contribution in [0.2, 0.25) is 0 Å². The van der Waals surface area contributed by atoms with Gasteiger partial charge in [-0.3, -0.25) is 9.38 Å². The fraction of sp³-hybridized carbons (Fsp3) is 0.333. The Kier molecular flexibility index (Phi) is 3.54. The zero-order valence-corrected chi connectivity index (χ0v) is 12.7. The number of pyridine rings is 1. The summed E-state index contributed by atoms with van der Waals surface area (Å²) >= 11 is 1.73. The Morgan fingerprint density at radius 2 is 2.20 bits per heavy atom. The van der Waals surface area contributed by atoms with Crippen LogP contribution in [0.25, 0.3) is 4.96 Å². The zero-order valence-electron chi connectivity index (χ0n) is 11.9. The zero-order chi connectivity index (χ0) is 14.1. The number of rotatable bonds is 4. The van der Waals surface area contributed by atoms with Gasteiger partial charge in [-0.1, -0.05) is 6.07 Å². The molecule has 3 aromatic heterocycles. The second-order valence-corrected chi connectivity index (χ2v) is 6.21. The van der Waals surface area contributed by atoms with E-state index in [4.69, 9.17) is 0 Å². The maximum absolute atomic E-state index is 4.61. The lowest BCUT2D eigenvalue weighted by atomic mass is 10.2. The van der Waals surface area contributed by atoms with Gasteiger partial charge >= 0.3 is 0 Å². The molecule has 4 nitrogen and oxygen atoms in total. The number of aromatic nitrogens is 3. The average molecular weight is 286 g/mol. The SMILES string of the molecule is Cc1cn2c(CN[C@H](C)c3ccccn3)c(C)nc2s1. The molecule has 3 heterocycles. The topological polar surface area (TPSA) is 42.2 Å². The molecule has 0 bridgehead atoms. The van der Waals surface area contributed by atoms with Crippen LogP contribution in [0.15, 0.2) is 30.6 Å². The van der Waals surface area contributed by atoms with Gasteiger partial charge in [0.2, 0.25) is 0 Å². The molecule has 1 N–H and O–H groups in total. The minimum absolute atomic E-state index is 0.223. The molecule has 3 aromatic rings. The van der Waals surface area contributed by atoms with Crippen molar-refractivity contribution in [3.05, 3.63) is 52.6 Å². The van der Waals surface area contributed by atoms with Crippen LogP contribution in [0.3, 0.4) is 0 Å². The van der Waals surface area contributed by atoms with Gasteiger partial charge in [-0.05, 0) is 32.9 Å². The van der Waals surface area contributed by atoms with E-state index in [0.717, 1.165) is 22.9 Å². The summed E-state index contributed by atoms with van der Waals surface area (Å²) < 4.78 is 2.19. The minimum Gasteiger partial charge on any atom is -0.303 e. The maximum Gasteiger partial charge on any atom is 0.194 e. The number of thiazole rings is 1. The summed E-state index contributed by atoms with van der Waals surface area (Å²) in [6, 6.07) is 6.23. The predicted molar refractivity (Wildman–Crippen MR) is 82.0 cm³/mol. The molecule has 20 heavy (non-hydrogen) atoms. The first-order valence-electron chi connectivity index (χ1n) is 6.73. The molecular formula is C15H18N4S. The Morgan fingerprint density at radius 3 is 2.95 bits per heavy atom. The maximum atomic E-state index is 4.61. The Hall–Kier alpha value is -1.72. The molecule has 0 aliphatic heterocycles. The molecule has 0 saturated heterocycles. The van der Waals surface area contributed by atoms with Crippen LogP contribution in [0.4, 0.5) is 0 Å². The van der Waals surface area contributed by atoms with Gasteiger partial charge in [-0.2, -0.15) is 0 Å². The fourth-order valence-corrected chi connectivity index (χ4v) is 3.20. The van der Waals surface area contributed by atoms with Gasteiger partial charge in [0.05, 0.1) is 17.1 Å². The molecular weight excluding hydrogens is 268 g/mol. The van der Waals surface area contributed by atoms with Gasteiger partial charge in [-0.25, -0.2) is 4.98 Å². The van der Waals surface area contributed by atoms with Crippen molar-refractivity contribution < 1.29 is 0 Å². The van der Waals surface area contributed by atoms with Crippen molar-refractivity contribution in [2.24, 2.45) is 0 Å². The van der Waals surface area contributed by atoms with Gasteiger partial charge in [-0.15, -0.1) is 11.3 Å². The Bertz CT molecular complexity index is 714. The summed E-state index contributed by atoms with van der Waals surface area (Å²) in [4.78, 5) is 11.4. The smallest absolute Gasteiger partial charge is 0.194 e. The van der Waals surface area contributed by atoms with Crippen LogP contribution >= 0.6 is 11.3 Å². The lowest BCUT2D eigenvalue weighted by Gasteiger charge is -2.13. The van der Waals surface area contributed by atoms with Gasteiger partial charge in [0.25, 0.3) is 0 Å². The minimum atomic E-state index is 0.223. The van der Waals surface area contributed by atoms with Crippen molar-refractivity contribution in [2.75, 3.05) is 0 Å². The number of aryl methyl sites for hydroxylation is 2. The third-order valence-electron chi connectivity index (χ3n) is 3.45. The number of fused-ring (bicyclic) bond motifs is 1. The van der Waals surface area contributed by atoms with E-state index in [1.54, 1.807) is 11.3 Å². The van der Waals surface area contributed by atoms with Gasteiger partial charge in [0.1, 0.15) is 0 Å². The Balaban J connectivity index is 1.78. The highest BCUT2D eigenvalue weighted by atomic mass is 32.1. The van der Waals surface area contributed by atoms with E-state index in [-0.39, 0.29) is 6.04 Å². The van der Waals surface area contributed by atoms with Crippen LogP contribution in [0.5, 0.6) is 0 Å². The molecule has 0 amide bonds. The van der Waals surface area contributed by atoms with Crippen LogP contribution in [0.1, 0.15) is 34.9 Å². The predicted octanol–water partition coefficient (Wildman–Crippen LogP) is 3.26. The van der Waals surface area contributed by atoms with Crippen molar-refractivity contribution in [3.8, 4) is 0 Å². The molecule has 0 aromatic carbocycles. The molecule has 0 saturated carbocycles. The van der Waals surface area contributed by atoms with Gasteiger partial charge < -0.3 is 5.32 Å². The second kappa shape index (κ2) is 5.34. The first-order chi connectivity index (χ1) is 9.65. The first kappa shape index (κ1) is 13.3. The largest absolute Gasteiger partial charge is 0.303 e. The molecule has 0 aliphatic rings. The number of hydrogen-bond acceptors (Lipinski definition) is 4. The second-order valence-electron chi connectivity index (χ2n) is 5.00. The highest BCUT2D eigenvalue weighted by Crippen LogP contribution is 2.21. The fourth-order valence-electron chi connectivity index (χ4n) is 2.31. The quantitative estimate of drug-likeness (QED) is 0.800. The summed E-state index contributed by atoms with van der Waals surface area (Å²) in [7, 11) is 0. The summed E-state index contributed by atoms with van der Waals surface area (Å²) in [5.41, 5.74) is 3.39. The number of hydrogen-bond donors (Lipinski definition) is 1. The third-order valence-corrected chi connectivity index (χ3v) is 4.35. The van der Waals surface area contributed by atoms with Gasteiger partial charge in [0, 0.05) is 29.9 Å². The van der Waals surface area contributed by atoms with E-state index in [1.807, 2.05) is 24.4 Å². The van der Waals surface area contributed by atoms with Crippen LogP contribution in [-0.2, 0) is 6.54 Å². The lowest BCUT2D eigenvalue weighted by molar-refractivity contribution is 0.552. The Morgan fingerprint density at radius 1 is 1.35 bits per heavy atom. The highest BCUT2D eigenvalue weighted by Gasteiger charge is 2.12. The molecule has 0 spiro atoms. The average Bonchev–Trinajstić information content (AvgIpc) is 2.92. The van der Waals surface area contributed by atoms with E-state index in [0.29, 0.717) is 0 Å². The highest BCUT2D eigenvalue weighted by molar-refractivity contribution is 7.17. The third kappa shape index (κ3) is 2.46. The van der Waals surface area contributed by atoms with Gasteiger partial charge in [0.15, 0.2) is 4.96 Å². The summed E-state index contributed by atoms with van der Waals surface area (Å²) in [6.45, 7) is 7.11. The standard InChI is InChI=1S/C15H18N4S/c1-10-9-19-14(12(3)18-15(19)20-10)8-17-11(2)13-6-4-5-7-16-13/h4-7,9,11,17H,8H2,1-3H3/t11-/m1/s1. The molecule has 0 aliphatic carbocycles. The van der Waals surface area contributed by atoms with E-state index >= 15 is 0 Å². The Labute approximate surface area is 122 Å². The monoisotopic (exact) mass is 286 g/mol. The van der Waals surface area contributed by atoms with Crippen LogP contribution in [0, 0.1) is 13.8 Å². The summed E-state index contributed by atoms with van der Waals surface area (Å²) in [5.74, 6) is 0. The summed E-state index contributed by atoms with van der Waals surface area (Å²) in [5, 5.41) is 3.52.